The molecule has 0 saturated carbocycles. The number of hydrogen-bond acceptors (Lipinski definition) is 10. The van der Waals surface area contributed by atoms with Crippen molar-refractivity contribution in [2.24, 2.45) is 0 Å². The van der Waals surface area contributed by atoms with Gasteiger partial charge < -0.3 is 43.7 Å². The van der Waals surface area contributed by atoms with Gasteiger partial charge in [0.1, 0.15) is 35.4 Å². The maximum atomic E-state index is 14.0. The summed E-state index contributed by atoms with van der Waals surface area (Å²) in [5.74, 6) is 0.314. The number of carbonyl (C=O) groups is 2. The second kappa shape index (κ2) is 11.3. The molecule has 4 aliphatic rings. The van der Waals surface area contributed by atoms with E-state index in [-0.39, 0.29) is 48.9 Å². The molecule has 2 amide bonds. The molecule has 0 bridgehead atoms. The highest BCUT2D eigenvalue weighted by molar-refractivity contribution is 5.94. The summed E-state index contributed by atoms with van der Waals surface area (Å²) in [7, 11) is 1.54. The SMILES string of the molecule is COc1ccc2c(c1)O[C@@H](c1ccc(C(=O)N3CCOCC3CO)cn1)C[C@H]2NC(=O)[C@@]1(C)COc2cc3c(cc21)OC(F)(F)O3. The number of benzene rings is 2. The van der Waals surface area contributed by atoms with Gasteiger partial charge >= 0.3 is 6.29 Å². The van der Waals surface area contributed by atoms with Crippen molar-refractivity contribution in [2.45, 2.75) is 43.2 Å². The smallest absolute Gasteiger partial charge is 0.497 e. The van der Waals surface area contributed by atoms with Crippen LogP contribution < -0.4 is 29.0 Å². The first-order valence-electron chi connectivity index (χ1n) is 14.8. The van der Waals surface area contributed by atoms with Crippen molar-refractivity contribution in [3.63, 3.8) is 0 Å². The van der Waals surface area contributed by atoms with E-state index in [1.54, 1.807) is 36.1 Å². The zero-order valence-corrected chi connectivity index (χ0v) is 25.0. The predicted octanol–water partition coefficient (Wildman–Crippen LogP) is 3.28. The van der Waals surface area contributed by atoms with Gasteiger partial charge in [0.05, 0.1) is 50.3 Å². The maximum Gasteiger partial charge on any atom is 0.586 e. The number of morpholine rings is 1. The van der Waals surface area contributed by atoms with Gasteiger partial charge in [0, 0.05) is 42.4 Å². The predicted molar refractivity (Wildman–Crippen MR) is 154 cm³/mol. The number of carbonyl (C=O) groups excluding carboxylic acids is 2. The maximum absolute atomic E-state index is 14.0. The fraction of sp³-hybridized carbons (Fsp3) is 0.406. The van der Waals surface area contributed by atoms with Crippen LogP contribution in [0.4, 0.5) is 8.78 Å². The van der Waals surface area contributed by atoms with E-state index in [1.807, 2.05) is 6.07 Å². The second-order valence-electron chi connectivity index (χ2n) is 11.7. The zero-order chi connectivity index (χ0) is 32.2. The number of aliphatic hydroxyl groups excluding tert-OH is 1. The van der Waals surface area contributed by atoms with E-state index in [0.717, 1.165) is 0 Å². The van der Waals surface area contributed by atoms with Crippen molar-refractivity contribution in [2.75, 3.05) is 40.1 Å². The zero-order valence-electron chi connectivity index (χ0n) is 25.0. The molecule has 1 fully saturated rings. The Balaban J connectivity index is 1.14. The van der Waals surface area contributed by atoms with Gasteiger partial charge in [0.15, 0.2) is 11.5 Å². The van der Waals surface area contributed by atoms with Crippen molar-refractivity contribution >= 4 is 11.8 Å². The van der Waals surface area contributed by atoms with E-state index < -0.39 is 29.9 Å². The molecule has 2 N–H and O–H groups in total. The molecule has 12 nitrogen and oxygen atoms in total. The lowest BCUT2D eigenvalue weighted by Crippen LogP contribution is -2.50. The third-order valence-electron chi connectivity index (χ3n) is 8.80. The number of aromatic nitrogens is 1. The van der Waals surface area contributed by atoms with Crippen LogP contribution >= 0.6 is 0 Å². The molecular weight excluding hydrogens is 608 g/mol. The summed E-state index contributed by atoms with van der Waals surface area (Å²) in [6, 6.07) is 10.4. The van der Waals surface area contributed by atoms with E-state index in [4.69, 9.17) is 18.9 Å². The number of methoxy groups -OCH3 is 1. The van der Waals surface area contributed by atoms with Gasteiger partial charge in [-0.2, -0.15) is 0 Å². The summed E-state index contributed by atoms with van der Waals surface area (Å²) in [4.78, 5) is 33.3. The Labute approximate surface area is 262 Å². The van der Waals surface area contributed by atoms with Crippen molar-refractivity contribution in [1.29, 1.82) is 0 Å². The molecule has 242 valence electrons. The number of rotatable bonds is 6. The molecule has 4 atom stereocenters. The molecule has 0 aliphatic carbocycles. The van der Waals surface area contributed by atoms with Crippen molar-refractivity contribution in [3.05, 3.63) is 71.0 Å². The van der Waals surface area contributed by atoms with Gasteiger partial charge in [-0.15, -0.1) is 8.78 Å². The lowest BCUT2D eigenvalue weighted by atomic mass is 9.82. The van der Waals surface area contributed by atoms with Crippen molar-refractivity contribution < 1.29 is 51.9 Å². The van der Waals surface area contributed by atoms with Crippen LogP contribution in [0.1, 0.15) is 52.7 Å². The number of pyridine rings is 1. The molecular formula is C32H31F2N3O9. The molecule has 2 aromatic carbocycles. The fourth-order valence-corrected chi connectivity index (χ4v) is 6.19. The Bertz CT molecular complexity index is 1690. The van der Waals surface area contributed by atoms with Gasteiger partial charge in [0.25, 0.3) is 5.91 Å². The molecule has 3 aromatic rings. The average molecular weight is 640 g/mol. The topological polar surface area (TPSA) is 138 Å². The number of hydrogen-bond donors (Lipinski definition) is 2. The first kappa shape index (κ1) is 30.0. The monoisotopic (exact) mass is 639 g/mol. The molecule has 0 spiro atoms. The fourth-order valence-electron chi connectivity index (χ4n) is 6.19. The number of nitrogens with one attached hydrogen (secondary N) is 1. The van der Waals surface area contributed by atoms with Gasteiger partial charge in [-0.25, -0.2) is 0 Å². The average Bonchev–Trinajstić information content (AvgIpc) is 3.56. The molecule has 4 aliphatic heterocycles. The van der Waals surface area contributed by atoms with Crippen LogP contribution in [0.3, 0.4) is 0 Å². The van der Waals surface area contributed by atoms with Crippen LogP contribution in [0.2, 0.25) is 0 Å². The number of fused-ring (bicyclic) bond motifs is 3. The number of nitrogens with zero attached hydrogens (tertiary/aromatic N) is 2. The summed E-state index contributed by atoms with van der Waals surface area (Å²) in [5, 5.41) is 12.8. The summed E-state index contributed by atoms with van der Waals surface area (Å²) in [6.45, 7) is 2.45. The normalized spacial score (nSPS) is 25.5. The van der Waals surface area contributed by atoms with Crippen LogP contribution in [-0.2, 0) is 14.9 Å². The van der Waals surface area contributed by atoms with Gasteiger partial charge in [-0.3, -0.25) is 14.6 Å². The Kier molecular flexibility index (Phi) is 7.35. The molecule has 1 unspecified atom stereocenters. The molecule has 14 heteroatoms. The van der Waals surface area contributed by atoms with E-state index in [2.05, 4.69) is 19.8 Å². The minimum Gasteiger partial charge on any atom is -0.497 e. The Morgan fingerprint density at radius 3 is 2.65 bits per heavy atom. The second-order valence-corrected chi connectivity index (χ2v) is 11.7. The molecule has 0 radical (unpaired) electrons. The molecule has 5 heterocycles. The highest BCUT2D eigenvalue weighted by Crippen LogP contribution is 2.50. The third-order valence-corrected chi connectivity index (χ3v) is 8.80. The Hall–Kier alpha value is -4.69. The van der Waals surface area contributed by atoms with E-state index >= 15 is 0 Å². The largest absolute Gasteiger partial charge is 0.586 e. The molecule has 1 saturated heterocycles. The lowest BCUT2D eigenvalue weighted by Gasteiger charge is -2.35. The van der Waals surface area contributed by atoms with Gasteiger partial charge in [0.2, 0.25) is 5.91 Å². The number of halogens is 2. The Morgan fingerprint density at radius 1 is 1.11 bits per heavy atom. The minimum atomic E-state index is -3.80. The standard InChI is InChI=1S/C32H31F2N3O9/c1-31(16-43-25-12-28-27(10-21(25)31)45-32(33,34)46-28)30(40)36-23-11-26(44-24-9-19(41-2)4-5-20(23)24)22-6-3-17(13-35-22)29(39)37-7-8-42-15-18(37)14-38/h3-6,9-10,12-13,18,23,26,38H,7-8,11,14-16H2,1-2H3,(H,36,40)/t18?,23-,26-,31+/m1/s1. The number of alkyl halides is 2. The quantitative estimate of drug-likeness (QED) is 0.414. The van der Waals surface area contributed by atoms with Crippen LogP contribution in [-0.4, -0.2) is 79.2 Å². The summed E-state index contributed by atoms with van der Waals surface area (Å²) < 4.78 is 59.4. The molecule has 46 heavy (non-hydrogen) atoms. The summed E-state index contributed by atoms with van der Waals surface area (Å²) >= 11 is 0. The third kappa shape index (κ3) is 5.20. The Morgan fingerprint density at radius 2 is 1.91 bits per heavy atom. The van der Waals surface area contributed by atoms with E-state index in [9.17, 15) is 23.5 Å². The highest BCUT2D eigenvalue weighted by Gasteiger charge is 2.49. The number of ether oxygens (including phenoxy) is 6. The molecule has 7 rings (SSSR count). The van der Waals surface area contributed by atoms with Crippen LogP contribution in [0, 0.1) is 0 Å². The number of aliphatic hydroxyl groups is 1. The first-order chi connectivity index (χ1) is 22.1. The van der Waals surface area contributed by atoms with Crippen LogP contribution in [0.25, 0.3) is 0 Å². The van der Waals surface area contributed by atoms with Crippen LogP contribution in [0.15, 0.2) is 48.7 Å². The summed E-state index contributed by atoms with van der Waals surface area (Å²) in [5.41, 5.74) is 0.789. The van der Waals surface area contributed by atoms with Crippen molar-refractivity contribution in [3.8, 4) is 28.7 Å². The van der Waals surface area contributed by atoms with E-state index in [0.29, 0.717) is 53.5 Å². The van der Waals surface area contributed by atoms with Gasteiger partial charge in [-0.05, 0) is 37.3 Å². The highest BCUT2D eigenvalue weighted by atomic mass is 19.3. The van der Waals surface area contributed by atoms with Gasteiger partial charge in [-0.1, -0.05) is 0 Å². The molecule has 1 aromatic heterocycles. The van der Waals surface area contributed by atoms with E-state index in [1.165, 1.54) is 25.4 Å². The minimum absolute atomic E-state index is 0.0209. The lowest BCUT2D eigenvalue weighted by molar-refractivity contribution is -0.286. The summed E-state index contributed by atoms with van der Waals surface area (Å²) in [6.07, 6.45) is -2.62. The van der Waals surface area contributed by atoms with Crippen molar-refractivity contribution in [1.82, 2.24) is 15.2 Å². The number of amides is 2. The first-order valence-corrected chi connectivity index (χ1v) is 14.8. The van der Waals surface area contributed by atoms with Crippen LogP contribution in [0.5, 0.6) is 28.7 Å².